The standard InChI is InChI=1S/C19H26FN3O5/c1-11(2)15(22-16(25)12-6-8-13(20)9-7-12)17(26)28-10-14(24)21-18(27)23-19(3,4)5/h6-9,11,15H,10H2,1-5H3,(H,22,25)(H2,21,23,24,27)/t15-/m0/s1. The number of esters is 1. The number of rotatable bonds is 6. The normalized spacial score (nSPS) is 12.1. The molecule has 0 fully saturated rings. The molecule has 154 valence electrons. The van der Waals surface area contributed by atoms with Crippen LogP contribution in [0.2, 0.25) is 0 Å². The highest BCUT2D eigenvalue weighted by molar-refractivity contribution is 5.98. The van der Waals surface area contributed by atoms with Gasteiger partial charge in [-0.2, -0.15) is 0 Å². The van der Waals surface area contributed by atoms with E-state index >= 15 is 0 Å². The highest BCUT2D eigenvalue weighted by atomic mass is 19.1. The molecule has 1 aromatic carbocycles. The average Bonchev–Trinajstić information content (AvgIpc) is 2.55. The number of halogens is 1. The molecule has 0 saturated heterocycles. The molecule has 3 N–H and O–H groups in total. The molecule has 0 aliphatic rings. The highest BCUT2D eigenvalue weighted by Crippen LogP contribution is 2.08. The van der Waals surface area contributed by atoms with Gasteiger partial charge in [0.05, 0.1) is 0 Å². The number of nitrogens with one attached hydrogen (secondary N) is 3. The summed E-state index contributed by atoms with van der Waals surface area (Å²) in [6.45, 7) is 7.93. The lowest BCUT2D eigenvalue weighted by Crippen LogP contribution is -2.50. The lowest BCUT2D eigenvalue weighted by Gasteiger charge is -2.21. The van der Waals surface area contributed by atoms with Crippen LogP contribution in [-0.2, 0) is 14.3 Å². The maximum absolute atomic E-state index is 13.0. The Labute approximate surface area is 163 Å². The van der Waals surface area contributed by atoms with Crippen LogP contribution < -0.4 is 16.0 Å². The molecule has 4 amide bonds. The molecule has 1 atom stereocenters. The lowest BCUT2D eigenvalue weighted by molar-refractivity contribution is -0.151. The molecule has 0 unspecified atom stereocenters. The van der Waals surface area contributed by atoms with Crippen LogP contribution in [0, 0.1) is 11.7 Å². The second-order valence-electron chi connectivity index (χ2n) is 7.56. The second kappa shape index (κ2) is 9.82. The number of imide groups is 1. The van der Waals surface area contributed by atoms with Crippen LogP contribution in [0.5, 0.6) is 0 Å². The molecular formula is C19H26FN3O5. The van der Waals surface area contributed by atoms with Crippen molar-refractivity contribution in [3.63, 3.8) is 0 Å². The molecule has 8 nitrogen and oxygen atoms in total. The summed E-state index contributed by atoms with van der Waals surface area (Å²) in [5.41, 5.74) is -0.356. The minimum Gasteiger partial charge on any atom is -0.454 e. The molecule has 9 heteroatoms. The van der Waals surface area contributed by atoms with Gasteiger partial charge in [-0.15, -0.1) is 0 Å². The number of hydrogen-bond donors (Lipinski definition) is 3. The van der Waals surface area contributed by atoms with Gasteiger partial charge in [0.1, 0.15) is 11.9 Å². The van der Waals surface area contributed by atoms with Crippen LogP contribution in [0.3, 0.4) is 0 Å². The van der Waals surface area contributed by atoms with Gasteiger partial charge in [-0.25, -0.2) is 14.0 Å². The molecule has 0 spiro atoms. The first-order chi connectivity index (χ1) is 12.9. The van der Waals surface area contributed by atoms with Crippen LogP contribution in [0.25, 0.3) is 0 Å². The first-order valence-electron chi connectivity index (χ1n) is 8.74. The molecule has 28 heavy (non-hydrogen) atoms. The third-order valence-electron chi connectivity index (χ3n) is 3.40. The lowest BCUT2D eigenvalue weighted by atomic mass is 10.0. The fraction of sp³-hybridized carbons (Fsp3) is 0.474. The molecule has 0 heterocycles. The number of carbonyl (C=O) groups is 4. The number of amides is 4. The summed E-state index contributed by atoms with van der Waals surface area (Å²) >= 11 is 0. The predicted octanol–water partition coefficient (Wildman–Crippen LogP) is 1.75. The van der Waals surface area contributed by atoms with Gasteiger partial charge in [0.25, 0.3) is 11.8 Å². The van der Waals surface area contributed by atoms with Gasteiger partial charge in [-0.05, 0) is 51.0 Å². The highest BCUT2D eigenvalue weighted by Gasteiger charge is 2.27. The maximum Gasteiger partial charge on any atom is 0.329 e. The molecule has 1 aromatic rings. The first-order valence-corrected chi connectivity index (χ1v) is 8.74. The van der Waals surface area contributed by atoms with E-state index in [9.17, 15) is 23.6 Å². The van der Waals surface area contributed by atoms with Crippen molar-refractivity contribution in [1.82, 2.24) is 16.0 Å². The van der Waals surface area contributed by atoms with E-state index in [1.165, 1.54) is 12.1 Å². The monoisotopic (exact) mass is 395 g/mol. The molecule has 0 aromatic heterocycles. The quantitative estimate of drug-likeness (QED) is 0.635. The summed E-state index contributed by atoms with van der Waals surface area (Å²) in [4.78, 5) is 47.8. The number of ether oxygens (including phenoxy) is 1. The van der Waals surface area contributed by atoms with Crippen molar-refractivity contribution >= 4 is 23.8 Å². The molecule has 0 aliphatic carbocycles. The van der Waals surface area contributed by atoms with Crippen LogP contribution >= 0.6 is 0 Å². The van der Waals surface area contributed by atoms with E-state index in [4.69, 9.17) is 4.74 Å². The van der Waals surface area contributed by atoms with Crippen LogP contribution in [0.1, 0.15) is 45.0 Å². The van der Waals surface area contributed by atoms with Gasteiger partial charge in [-0.3, -0.25) is 14.9 Å². The van der Waals surface area contributed by atoms with Crippen molar-refractivity contribution < 1.29 is 28.3 Å². The largest absolute Gasteiger partial charge is 0.454 e. The summed E-state index contributed by atoms with van der Waals surface area (Å²) in [5, 5.41) is 7.08. The third kappa shape index (κ3) is 8.15. The van der Waals surface area contributed by atoms with Crippen molar-refractivity contribution in [3.8, 4) is 0 Å². The molecule has 0 saturated carbocycles. The number of hydrogen-bond acceptors (Lipinski definition) is 5. The zero-order valence-electron chi connectivity index (χ0n) is 16.6. The van der Waals surface area contributed by atoms with Crippen molar-refractivity contribution in [3.05, 3.63) is 35.6 Å². The first kappa shape index (κ1) is 23.1. The fourth-order valence-electron chi connectivity index (χ4n) is 2.08. The van der Waals surface area contributed by atoms with Gasteiger partial charge >= 0.3 is 12.0 Å². The Morgan fingerprint density at radius 1 is 1.07 bits per heavy atom. The van der Waals surface area contributed by atoms with E-state index in [2.05, 4.69) is 10.6 Å². The molecule has 0 bridgehead atoms. The molecule has 1 rings (SSSR count). The van der Waals surface area contributed by atoms with Gasteiger partial charge in [0.2, 0.25) is 0 Å². The number of benzene rings is 1. The Morgan fingerprint density at radius 3 is 2.14 bits per heavy atom. The molecule has 0 radical (unpaired) electrons. The Balaban J connectivity index is 2.60. The SMILES string of the molecule is CC(C)[C@H](NC(=O)c1ccc(F)cc1)C(=O)OCC(=O)NC(=O)NC(C)(C)C. The number of urea groups is 1. The Hall–Kier alpha value is -2.97. The van der Waals surface area contributed by atoms with E-state index in [1.54, 1.807) is 34.6 Å². The van der Waals surface area contributed by atoms with Crippen LogP contribution in [-0.4, -0.2) is 42.0 Å². The van der Waals surface area contributed by atoms with Gasteiger partial charge in [0, 0.05) is 11.1 Å². The minimum absolute atomic E-state index is 0.177. The minimum atomic E-state index is -1.02. The summed E-state index contributed by atoms with van der Waals surface area (Å²) in [7, 11) is 0. The summed E-state index contributed by atoms with van der Waals surface area (Å²) in [6.07, 6.45) is 0. The molecule has 0 aliphatic heterocycles. The Kier molecular flexibility index (Phi) is 8.09. The van der Waals surface area contributed by atoms with Crippen LogP contribution in [0.4, 0.5) is 9.18 Å². The zero-order valence-corrected chi connectivity index (χ0v) is 16.6. The van der Waals surface area contributed by atoms with Crippen molar-refractivity contribution in [2.75, 3.05) is 6.61 Å². The van der Waals surface area contributed by atoms with Crippen molar-refractivity contribution in [2.45, 2.75) is 46.2 Å². The Morgan fingerprint density at radius 2 is 1.64 bits per heavy atom. The van der Waals surface area contributed by atoms with E-state index < -0.39 is 47.8 Å². The fourth-order valence-corrected chi connectivity index (χ4v) is 2.08. The molecular weight excluding hydrogens is 369 g/mol. The average molecular weight is 395 g/mol. The van der Waals surface area contributed by atoms with E-state index in [-0.39, 0.29) is 11.5 Å². The third-order valence-corrected chi connectivity index (χ3v) is 3.40. The second-order valence-corrected chi connectivity index (χ2v) is 7.56. The number of carbonyl (C=O) groups excluding carboxylic acids is 4. The summed E-state index contributed by atoms with van der Waals surface area (Å²) < 4.78 is 17.9. The summed E-state index contributed by atoms with van der Waals surface area (Å²) in [6, 6.07) is 3.10. The van der Waals surface area contributed by atoms with Gasteiger partial charge < -0.3 is 15.4 Å². The van der Waals surface area contributed by atoms with Crippen molar-refractivity contribution in [1.29, 1.82) is 0 Å². The predicted molar refractivity (Wildman–Crippen MR) is 99.9 cm³/mol. The Bertz CT molecular complexity index is 726. The van der Waals surface area contributed by atoms with E-state index in [1.807, 2.05) is 5.32 Å². The van der Waals surface area contributed by atoms with Crippen LogP contribution in [0.15, 0.2) is 24.3 Å². The summed E-state index contributed by atoms with van der Waals surface area (Å²) in [5.74, 6) is -3.02. The van der Waals surface area contributed by atoms with E-state index in [0.717, 1.165) is 12.1 Å². The smallest absolute Gasteiger partial charge is 0.329 e. The maximum atomic E-state index is 13.0. The van der Waals surface area contributed by atoms with E-state index in [0.29, 0.717) is 0 Å². The van der Waals surface area contributed by atoms with Crippen molar-refractivity contribution in [2.24, 2.45) is 5.92 Å². The van der Waals surface area contributed by atoms with Gasteiger partial charge in [0.15, 0.2) is 6.61 Å². The van der Waals surface area contributed by atoms with Gasteiger partial charge in [-0.1, -0.05) is 13.8 Å². The zero-order chi connectivity index (χ0) is 21.5. The topological polar surface area (TPSA) is 114 Å².